The number of rotatable bonds is 3. The molecule has 0 aromatic heterocycles. The summed E-state index contributed by atoms with van der Waals surface area (Å²) < 4.78 is 11.7. The summed E-state index contributed by atoms with van der Waals surface area (Å²) in [6.07, 6.45) is 0. The van der Waals surface area contributed by atoms with Gasteiger partial charge in [-0.15, -0.1) is 0 Å². The standard InChI is InChI=1S/C10H10BrClO2/c1-10(6-14-10)5-13-9-3-2-7(11)4-8(9)12/h2-4H,5-6H2,1H3. The van der Waals surface area contributed by atoms with Crippen LogP contribution in [0.25, 0.3) is 0 Å². The van der Waals surface area contributed by atoms with E-state index in [1.807, 2.05) is 25.1 Å². The van der Waals surface area contributed by atoms with Crippen molar-refractivity contribution in [1.82, 2.24) is 0 Å². The highest BCUT2D eigenvalue weighted by Gasteiger charge is 2.40. The Labute approximate surface area is 96.3 Å². The van der Waals surface area contributed by atoms with E-state index in [2.05, 4.69) is 15.9 Å². The highest BCUT2D eigenvalue weighted by Crippen LogP contribution is 2.31. The normalized spacial score (nSPS) is 24.8. The first-order valence-corrected chi connectivity index (χ1v) is 5.48. The highest BCUT2D eigenvalue weighted by atomic mass is 79.9. The van der Waals surface area contributed by atoms with Gasteiger partial charge < -0.3 is 9.47 Å². The van der Waals surface area contributed by atoms with Crippen LogP contribution < -0.4 is 4.74 Å². The fourth-order valence-corrected chi connectivity index (χ4v) is 1.76. The maximum Gasteiger partial charge on any atom is 0.138 e. The molecule has 1 aromatic carbocycles. The Bertz CT molecular complexity index is 350. The molecule has 1 unspecified atom stereocenters. The van der Waals surface area contributed by atoms with E-state index in [4.69, 9.17) is 21.1 Å². The Balaban J connectivity index is 2.02. The first-order chi connectivity index (χ1) is 6.59. The zero-order valence-electron chi connectivity index (χ0n) is 7.72. The second-order valence-electron chi connectivity index (χ2n) is 3.60. The number of benzene rings is 1. The number of hydrogen-bond donors (Lipinski definition) is 0. The van der Waals surface area contributed by atoms with Crippen LogP contribution in [0.5, 0.6) is 5.75 Å². The molecule has 0 saturated carbocycles. The van der Waals surface area contributed by atoms with E-state index in [-0.39, 0.29) is 5.60 Å². The fraction of sp³-hybridized carbons (Fsp3) is 0.400. The van der Waals surface area contributed by atoms with Gasteiger partial charge in [-0.3, -0.25) is 0 Å². The molecule has 1 heterocycles. The Hall–Kier alpha value is -0.250. The number of ether oxygens (including phenoxy) is 2. The van der Waals surface area contributed by atoms with Gasteiger partial charge in [0.25, 0.3) is 0 Å². The Morgan fingerprint density at radius 2 is 2.36 bits per heavy atom. The van der Waals surface area contributed by atoms with Crippen LogP contribution >= 0.6 is 27.5 Å². The molecule has 0 spiro atoms. The minimum absolute atomic E-state index is 0.101. The van der Waals surface area contributed by atoms with E-state index in [1.165, 1.54) is 0 Å². The maximum atomic E-state index is 5.98. The van der Waals surface area contributed by atoms with E-state index >= 15 is 0 Å². The summed E-state index contributed by atoms with van der Waals surface area (Å²) in [5.41, 5.74) is -0.101. The van der Waals surface area contributed by atoms with Crippen molar-refractivity contribution >= 4 is 27.5 Å². The SMILES string of the molecule is CC1(COc2ccc(Br)cc2Cl)CO1. The predicted octanol–water partition coefficient (Wildman–Crippen LogP) is 3.27. The molecule has 0 N–H and O–H groups in total. The molecule has 1 aliphatic rings. The van der Waals surface area contributed by atoms with E-state index in [0.29, 0.717) is 17.4 Å². The molecular formula is C10H10BrClO2. The molecule has 4 heteroatoms. The van der Waals surface area contributed by atoms with Crippen molar-refractivity contribution in [3.8, 4) is 5.75 Å². The monoisotopic (exact) mass is 276 g/mol. The van der Waals surface area contributed by atoms with Crippen LogP contribution in [-0.2, 0) is 4.74 Å². The first kappa shape index (κ1) is 10.3. The highest BCUT2D eigenvalue weighted by molar-refractivity contribution is 9.10. The van der Waals surface area contributed by atoms with Gasteiger partial charge in [-0.1, -0.05) is 27.5 Å². The second-order valence-corrected chi connectivity index (χ2v) is 4.92. The summed E-state index contributed by atoms with van der Waals surface area (Å²) in [4.78, 5) is 0. The minimum atomic E-state index is -0.101. The lowest BCUT2D eigenvalue weighted by Crippen LogP contribution is -2.16. The summed E-state index contributed by atoms with van der Waals surface area (Å²) >= 11 is 9.32. The Morgan fingerprint density at radius 1 is 1.64 bits per heavy atom. The third-order valence-electron chi connectivity index (χ3n) is 2.06. The van der Waals surface area contributed by atoms with Crippen LogP contribution in [0.2, 0.25) is 5.02 Å². The van der Waals surface area contributed by atoms with Gasteiger partial charge >= 0.3 is 0 Å². The lowest BCUT2D eigenvalue weighted by atomic mass is 10.2. The smallest absolute Gasteiger partial charge is 0.138 e. The molecule has 1 saturated heterocycles. The second kappa shape index (κ2) is 3.72. The third-order valence-corrected chi connectivity index (χ3v) is 2.85. The molecule has 0 aliphatic carbocycles. The maximum absolute atomic E-state index is 5.98. The van der Waals surface area contributed by atoms with E-state index in [9.17, 15) is 0 Å². The molecule has 14 heavy (non-hydrogen) atoms. The van der Waals surface area contributed by atoms with Crippen LogP contribution in [0.1, 0.15) is 6.92 Å². The van der Waals surface area contributed by atoms with Gasteiger partial charge in [-0.05, 0) is 25.1 Å². The van der Waals surface area contributed by atoms with E-state index < -0.39 is 0 Å². The largest absolute Gasteiger partial charge is 0.489 e. The average Bonchev–Trinajstić information content (AvgIpc) is 2.83. The molecule has 76 valence electrons. The Kier molecular flexibility index (Phi) is 2.73. The van der Waals surface area contributed by atoms with Crippen molar-refractivity contribution in [3.05, 3.63) is 27.7 Å². The van der Waals surface area contributed by atoms with Gasteiger partial charge in [-0.25, -0.2) is 0 Å². The summed E-state index contributed by atoms with van der Waals surface area (Å²) in [7, 11) is 0. The van der Waals surface area contributed by atoms with Crippen LogP contribution in [-0.4, -0.2) is 18.8 Å². The van der Waals surface area contributed by atoms with Crippen molar-refractivity contribution < 1.29 is 9.47 Å². The summed E-state index contributed by atoms with van der Waals surface area (Å²) in [6.45, 7) is 3.33. The molecule has 1 aromatic rings. The molecule has 1 atom stereocenters. The van der Waals surface area contributed by atoms with E-state index in [1.54, 1.807) is 0 Å². The summed E-state index contributed by atoms with van der Waals surface area (Å²) in [5, 5.41) is 0.614. The van der Waals surface area contributed by atoms with Crippen LogP contribution in [0.3, 0.4) is 0 Å². The minimum Gasteiger partial charge on any atom is -0.489 e. The number of halogens is 2. The summed E-state index contributed by atoms with van der Waals surface area (Å²) in [5.74, 6) is 0.701. The van der Waals surface area contributed by atoms with Crippen molar-refractivity contribution in [2.45, 2.75) is 12.5 Å². The third kappa shape index (κ3) is 2.41. The molecule has 2 nitrogen and oxygen atoms in total. The first-order valence-electron chi connectivity index (χ1n) is 4.31. The lowest BCUT2D eigenvalue weighted by Gasteiger charge is -2.10. The topological polar surface area (TPSA) is 21.8 Å². The molecule has 0 amide bonds. The van der Waals surface area contributed by atoms with Crippen LogP contribution in [0.15, 0.2) is 22.7 Å². The van der Waals surface area contributed by atoms with E-state index in [0.717, 1.165) is 11.1 Å². The zero-order valence-corrected chi connectivity index (χ0v) is 10.1. The van der Waals surface area contributed by atoms with Crippen molar-refractivity contribution in [3.63, 3.8) is 0 Å². The molecule has 1 fully saturated rings. The number of hydrogen-bond acceptors (Lipinski definition) is 2. The zero-order chi connectivity index (χ0) is 10.2. The molecular weight excluding hydrogens is 267 g/mol. The van der Waals surface area contributed by atoms with Gasteiger partial charge in [0.2, 0.25) is 0 Å². The number of epoxide rings is 1. The molecule has 0 bridgehead atoms. The molecule has 0 radical (unpaired) electrons. The van der Waals surface area contributed by atoms with Gasteiger partial charge in [-0.2, -0.15) is 0 Å². The molecule has 1 aliphatic heterocycles. The van der Waals surface area contributed by atoms with Gasteiger partial charge in [0.1, 0.15) is 18.0 Å². The summed E-state index contributed by atoms with van der Waals surface area (Å²) in [6, 6.07) is 5.56. The Morgan fingerprint density at radius 3 is 2.93 bits per heavy atom. The van der Waals surface area contributed by atoms with Gasteiger partial charge in [0.05, 0.1) is 11.6 Å². The van der Waals surface area contributed by atoms with Crippen LogP contribution in [0.4, 0.5) is 0 Å². The quantitative estimate of drug-likeness (QED) is 0.791. The van der Waals surface area contributed by atoms with Crippen LogP contribution in [0, 0.1) is 0 Å². The van der Waals surface area contributed by atoms with Crippen molar-refractivity contribution in [2.75, 3.05) is 13.2 Å². The van der Waals surface area contributed by atoms with Gasteiger partial charge in [0, 0.05) is 4.47 Å². The van der Waals surface area contributed by atoms with Crippen molar-refractivity contribution in [2.24, 2.45) is 0 Å². The average molecular weight is 278 g/mol. The predicted molar refractivity (Wildman–Crippen MR) is 59.0 cm³/mol. The fourth-order valence-electron chi connectivity index (χ4n) is 1.03. The molecule has 2 rings (SSSR count). The van der Waals surface area contributed by atoms with Crippen molar-refractivity contribution in [1.29, 1.82) is 0 Å². The van der Waals surface area contributed by atoms with Gasteiger partial charge in [0.15, 0.2) is 0 Å². The lowest BCUT2D eigenvalue weighted by molar-refractivity contribution is 0.202.